The lowest BCUT2D eigenvalue weighted by Crippen LogP contribution is -2.62. The van der Waals surface area contributed by atoms with Gasteiger partial charge in [-0.1, -0.05) is 32.0 Å². The molecule has 82 heavy (non-hydrogen) atoms. The first kappa shape index (κ1) is 70.5. The Morgan fingerprint density at radius 3 is 1.60 bits per heavy atom. The van der Waals surface area contributed by atoms with Gasteiger partial charge in [0.1, 0.15) is 54.4 Å². The molecule has 0 bridgehead atoms. The van der Waals surface area contributed by atoms with Crippen molar-refractivity contribution >= 4 is 94.6 Å². The number of nitrogens with zero attached hydrogens (tertiary/aromatic N) is 1. The number of carbonyl (C=O) groups excluding carboxylic acids is 9. The van der Waals surface area contributed by atoms with E-state index in [1.165, 1.54) is 6.92 Å². The van der Waals surface area contributed by atoms with Gasteiger partial charge in [-0.3, -0.25) is 52.9 Å². The fourth-order valence-corrected chi connectivity index (χ4v) is 8.20. The van der Waals surface area contributed by atoms with E-state index < -0.39 is 158 Å². The van der Waals surface area contributed by atoms with Gasteiger partial charge in [-0.05, 0) is 82.9 Å². The number of aromatic nitrogens is 1. The van der Waals surface area contributed by atoms with E-state index in [2.05, 4.69) is 70.5 Å². The highest BCUT2D eigenvalue weighted by molar-refractivity contribution is 7.80. The van der Waals surface area contributed by atoms with Gasteiger partial charge >= 0.3 is 11.9 Å². The van der Waals surface area contributed by atoms with Crippen LogP contribution in [0.2, 0.25) is 0 Å². The number of unbranched alkanes of at least 4 members (excludes halogenated alkanes) is 1. The molecular weight excluding hydrogens is 1100 g/mol. The molecule has 2 rings (SSSR count). The fraction of sp³-hybridized carbons (Fsp3) is 0.600. The zero-order valence-electron chi connectivity index (χ0n) is 46.1. The van der Waals surface area contributed by atoms with E-state index in [9.17, 15) is 78.3 Å². The first-order valence-corrected chi connectivity index (χ1v) is 27.1. The van der Waals surface area contributed by atoms with Crippen molar-refractivity contribution in [2.45, 2.75) is 152 Å². The second kappa shape index (κ2) is 35.9. The van der Waals surface area contributed by atoms with Crippen LogP contribution in [0.5, 0.6) is 0 Å². The molecular formula is C50H81N15O16S. The number of aliphatic hydroxyl groups is 3. The second-order valence-electron chi connectivity index (χ2n) is 19.7. The third kappa shape index (κ3) is 24.2. The highest BCUT2D eigenvalue weighted by Gasteiger charge is 2.36. The standard InChI is InChI=1S/C50H81N15O16S/c1-24(2)18-29(52)41(72)57-25(3)40(71)65-39(26(4)68)48(79)60-33(14-15-38(69)70)44(75)58-31(12-7-8-16-51)43(74)62-35(21-66)46(77)59-32(13-9-17-55-50(53)54)42(73)61-34(19-27-20-56-30-11-6-5-10-28(27)30)45(76)63-36(22-67)47(78)64-37(23-82)49(80)81/h5-6,10-11,20,24-26,29,31-37,39,56,66-68,82H,7-9,12-19,21-23,51-52H2,1-4H3,(H,57,72)(H,58,75)(H,59,77)(H,60,79)(H,61,73)(H,62,74)(H,63,76)(H,64,78)(H,65,71)(H,69,70)(H,80,81)(H4,53,54,55)/t25-,26+,29-,31-,32-,33-,34-,35-,36-,37-,39-/m0/s1. The first-order valence-electron chi connectivity index (χ1n) is 26.4. The minimum Gasteiger partial charge on any atom is -0.481 e. The number of aliphatic carboxylic acids is 2. The Bertz CT molecular complexity index is 2530. The van der Waals surface area contributed by atoms with E-state index in [0.29, 0.717) is 29.3 Å². The number of aliphatic hydroxyl groups excluding tert-OH is 3. The van der Waals surface area contributed by atoms with E-state index in [1.54, 1.807) is 30.5 Å². The summed E-state index contributed by atoms with van der Waals surface area (Å²) in [6.45, 7) is 4.07. The molecule has 9 amide bonds. The Labute approximate surface area is 478 Å². The summed E-state index contributed by atoms with van der Waals surface area (Å²) in [5.74, 6) is -12.7. The Balaban J connectivity index is 2.46. The van der Waals surface area contributed by atoms with Gasteiger partial charge < -0.3 is 101 Å². The van der Waals surface area contributed by atoms with Crippen LogP contribution in [0.4, 0.5) is 0 Å². The molecule has 1 aromatic carbocycles. The molecule has 0 saturated heterocycles. The average Bonchev–Trinajstić information content (AvgIpc) is 3.82. The highest BCUT2D eigenvalue weighted by atomic mass is 32.1. The lowest BCUT2D eigenvalue weighted by molar-refractivity contribution is -0.142. The Morgan fingerprint density at radius 2 is 1.10 bits per heavy atom. The number of aliphatic imine (C=N–C) groups is 1. The minimum atomic E-state index is -1.86. The minimum absolute atomic E-state index is 0.0125. The van der Waals surface area contributed by atoms with Gasteiger partial charge in [-0.15, -0.1) is 0 Å². The summed E-state index contributed by atoms with van der Waals surface area (Å²) in [6.07, 6.45) is -1.21. The number of carboxylic acid groups (broad SMARTS) is 2. The van der Waals surface area contributed by atoms with Gasteiger partial charge in [0.2, 0.25) is 53.2 Å². The summed E-state index contributed by atoms with van der Waals surface area (Å²) >= 11 is 3.91. The van der Waals surface area contributed by atoms with Gasteiger partial charge in [0, 0.05) is 42.2 Å². The molecule has 11 atom stereocenters. The maximum absolute atomic E-state index is 14.3. The number of hydrogen-bond acceptors (Lipinski definition) is 18. The molecule has 0 aliphatic carbocycles. The molecule has 0 aliphatic rings. The van der Waals surface area contributed by atoms with Crippen LogP contribution in [0, 0.1) is 5.92 Å². The van der Waals surface area contributed by atoms with Crippen molar-refractivity contribution in [1.29, 1.82) is 0 Å². The molecule has 0 saturated carbocycles. The van der Waals surface area contributed by atoms with Crippen molar-refractivity contribution in [3.8, 4) is 0 Å². The predicted octanol–water partition coefficient (Wildman–Crippen LogP) is -6.11. The van der Waals surface area contributed by atoms with Crippen molar-refractivity contribution in [1.82, 2.24) is 52.8 Å². The van der Waals surface area contributed by atoms with E-state index in [-0.39, 0.29) is 62.8 Å². The van der Waals surface area contributed by atoms with Gasteiger partial charge in [0.25, 0.3) is 0 Å². The van der Waals surface area contributed by atoms with Gasteiger partial charge in [-0.2, -0.15) is 12.6 Å². The molecule has 0 aliphatic heterocycles. The topological polar surface area (TPSA) is 529 Å². The summed E-state index contributed by atoms with van der Waals surface area (Å²) in [4.78, 5) is 153. The van der Waals surface area contributed by atoms with Crippen molar-refractivity contribution < 1.29 is 78.3 Å². The fourth-order valence-electron chi connectivity index (χ4n) is 7.95. The van der Waals surface area contributed by atoms with E-state index in [0.717, 1.165) is 6.92 Å². The number of rotatable bonds is 38. The third-order valence-electron chi connectivity index (χ3n) is 12.5. The number of fused-ring (bicyclic) bond motifs is 1. The molecule has 458 valence electrons. The zero-order valence-corrected chi connectivity index (χ0v) is 47.0. The van der Waals surface area contributed by atoms with Crippen molar-refractivity contribution in [3.05, 3.63) is 36.0 Å². The number of aromatic amines is 1. The van der Waals surface area contributed by atoms with Crippen molar-refractivity contribution in [2.75, 3.05) is 32.1 Å². The summed E-state index contributed by atoms with van der Waals surface area (Å²) in [5, 5.41) is 72.0. The summed E-state index contributed by atoms with van der Waals surface area (Å²) in [6, 6.07) is -8.58. The molecule has 0 fully saturated rings. The zero-order chi connectivity index (χ0) is 61.8. The number of amides is 9. The van der Waals surface area contributed by atoms with Crippen LogP contribution in [0.3, 0.4) is 0 Å². The van der Waals surface area contributed by atoms with Crippen LogP contribution in [0.25, 0.3) is 10.9 Å². The molecule has 31 nitrogen and oxygen atoms in total. The second-order valence-corrected chi connectivity index (χ2v) is 20.1. The number of carbonyl (C=O) groups is 11. The number of nitrogens with two attached hydrogens (primary N) is 4. The smallest absolute Gasteiger partial charge is 0.327 e. The van der Waals surface area contributed by atoms with Gasteiger partial charge in [0.15, 0.2) is 5.96 Å². The number of thiol groups is 1. The number of para-hydroxylation sites is 1. The maximum Gasteiger partial charge on any atom is 0.327 e. The Morgan fingerprint density at radius 1 is 0.610 bits per heavy atom. The van der Waals surface area contributed by atoms with Gasteiger partial charge in [0.05, 0.1) is 25.4 Å². The van der Waals surface area contributed by atoms with E-state index in [4.69, 9.17) is 22.9 Å². The molecule has 0 unspecified atom stereocenters. The Kier molecular flexibility index (Phi) is 30.9. The predicted molar refractivity (Wildman–Crippen MR) is 300 cm³/mol. The maximum atomic E-state index is 14.3. The molecule has 32 heteroatoms. The largest absolute Gasteiger partial charge is 0.481 e. The number of guanidine groups is 1. The lowest BCUT2D eigenvalue weighted by Gasteiger charge is -2.28. The van der Waals surface area contributed by atoms with Crippen molar-refractivity contribution in [2.24, 2.45) is 33.8 Å². The molecule has 23 N–H and O–H groups in total. The SMILES string of the molecule is CC(C)C[C@H](N)C(=O)N[C@@H](C)C(=O)N[C@H](C(=O)N[C@@H](CCC(=O)O)C(=O)N[C@@H](CCCCN)C(=O)N[C@@H](CO)C(=O)N[C@@H](CCCN=C(N)N)C(=O)N[C@@H](Cc1c[nH]c2ccccc12)C(=O)N[C@@H](CO)C(=O)N[C@@H](CS)C(=O)O)[C@@H](C)O. The van der Waals surface area contributed by atoms with Crippen molar-refractivity contribution in [3.63, 3.8) is 0 Å². The molecule has 0 radical (unpaired) electrons. The molecule has 2 aromatic rings. The van der Waals surface area contributed by atoms with Crippen LogP contribution in [-0.2, 0) is 59.2 Å². The molecule has 1 aromatic heterocycles. The van der Waals surface area contributed by atoms with E-state index >= 15 is 0 Å². The molecule has 1 heterocycles. The number of nitrogens with one attached hydrogen (secondary N) is 10. The number of benzene rings is 1. The van der Waals surface area contributed by atoms with Gasteiger partial charge in [-0.25, -0.2) is 4.79 Å². The number of H-pyrrole nitrogens is 1. The summed E-state index contributed by atoms with van der Waals surface area (Å²) < 4.78 is 0. The first-order chi connectivity index (χ1) is 38.7. The monoisotopic (exact) mass is 1180 g/mol. The summed E-state index contributed by atoms with van der Waals surface area (Å²) in [5.41, 5.74) is 23.7. The van der Waals surface area contributed by atoms with Crippen LogP contribution in [-0.4, -0.2) is 200 Å². The third-order valence-corrected chi connectivity index (χ3v) is 12.8. The Hall–Kier alpha value is -7.65. The van der Waals surface area contributed by atoms with Crippen LogP contribution in [0.15, 0.2) is 35.5 Å². The molecule has 0 spiro atoms. The quantitative estimate of drug-likeness (QED) is 0.0129. The average molecular weight is 1180 g/mol. The number of hydrogen-bond donors (Lipinski definition) is 20. The van der Waals surface area contributed by atoms with E-state index in [1.807, 2.05) is 13.8 Å². The number of carboxylic acids is 2. The lowest BCUT2D eigenvalue weighted by atomic mass is 10.0. The highest BCUT2D eigenvalue weighted by Crippen LogP contribution is 2.20. The van der Waals surface area contributed by atoms with Crippen LogP contribution >= 0.6 is 12.6 Å². The summed E-state index contributed by atoms with van der Waals surface area (Å²) in [7, 11) is 0. The normalized spacial score (nSPS) is 15.2. The van der Waals surface area contributed by atoms with Crippen LogP contribution in [0.1, 0.15) is 84.6 Å². The van der Waals surface area contributed by atoms with Crippen LogP contribution < -0.4 is 70.8 Å².